The van der Waals surface area contributed by atoms with Gasteiger partial charge in [-0.1, -0.05) is 42.5 Å². The Balaban J connectivity index is 1.93. The van der Waals surface area contributed by atoms with Crippen molar-refractivity contribution in [2.45, 2.75) is 45.3 Å². The molecule has 1 aromatic rings. The van der Waals surface area contributed by atoms with Crippen LogP contribution in [0.15, 0.2) is 42.5 Å². The number of benzene rings is 1. The quantitative estimate of drug-likeness (QED) is 0.614. The molecule has 0 radical (unpaired) electrons. The van der Waals surface area contributed by atoms with Crippen LogP contribution in [0.5, 0.6) is 0 Å². The maximum absolute atomic E-state index is 11.9. The van der Waals surface area contributed by atoms with Crippen LogP contribution in [0, 0.1) is 5.41 Å². The van der Waals surface area contributed by atoms with Gasteiger partial charge in [-0.15, -0.1) is 0 Å². The fraction of sp³-hybridized carbons (Fsp3) is 0.500. The minimum Gasteiger partial charge on any atom is -0.469 e. The molecule has 114 valence electrons. The predicted octanol–water partition coefficient (Wildman–Crippen LogP) is 3.53. The van der Waals surface area contributed by atoms with Crippen molar-refractivity contribution >= 4 is 5.97 Å². The third-order valence-electron chi connectivity index (χ3n) is 4.12. The standard InChI is InChI=1S/C18H24O3/c1-18(2,17(19)20-3)16-11-7-10-15(21-16)13-12-14-8-5-4-6-9-14/h4-10,15-16H,11-13H2,1-3H3/t15-,16+/m0/s1. The Bertz CT molecular complexity index is 490. The summed E-state index contributed by atoms with van der Waals surface area (Å²) < 4.78 is 11.0. The molecule has 0 fully saturated rings. The summed E-state index contributed by atoms with van der Waals surface area (Å²) in [4.78, 5) is 11.9. The molecule has 3 heteroatoms. The Labute approximate surface area is 127 Å². The lowest BCUT2D eigenvalue weighted by molar-refractivity contribution is -0.163. The highest BCUT2D eigenvalue weighted by atomic mass is 16.5. The van der Waals surface area contributed by atoms with E-state index in [0.29, 0.717) is 0 Å². The van der Waals surface area contributed by atoms with Crippen LogP contribution in [0.1, 0.15) is 32.3 Å². The molecule has 2 atom stereocenters. The number of carbonyl (C=O) groups excluding carboxylic acids is 1. The summed E-state index contributed by atoms with van der Waals surface area (Å²) in [7, 11) is 1.43. The second-order valence-corrected chi connectivity index (χ2v) is 6.06. The molecule has 0 saturated carbocycles. The smallest absolute Gasteiger partial charge is 0.313 e. The van der Waals surface area contributed by atoms with E-state index in [1.165, 1.54) is 12.7 Å². The topological polar surface area (TPSA) is 35.5 Å². The molecular formula is C18H24O3. The van der Waals surface area contributed by atoms with Gasteiger partial charge in [0.05, 0.1) is 24.7 Å². The molecule has 0 amide bonds. The zero-order valence-corrected chi connectivity index (χ0v) is 13.0. The lowest BCUT2D eigenvalue weighted by Gasteiger charge is -2.35. The van der Waals surface area contributed by atoms with Crippen molar-refractivity contribution in [3.63, 3.8) is 0 Å². The number of hydrogen-bond donors (Lipinski definition) is 0. The number of hydrogen-bond acceptors (Lipinski definition) is 3. The first kappa shape index (κ1) is 15.8. The third kappa shape index (κ3) is 3.94. The number of methoxy groups -OCH3 is 1. The molecule has 1 aliphatic heterocycles. The Morgan fingerprint density at radius 1 is 1.33 bits per heavy atom. The first-order valence-corrected chi connectivity index (χ1v) is 7.48. The Hall–Kier alpha value is -1.61. The second kappa shape index (κ2) is 6.90. The summed E-state index contributed by atoms with van der Waals surface area (Å²) in [5.41, 5.74) is 0.689. The van der Waals surface area contributed by atoms with Gasteiger partial charge in [0.15, 0.2) is 0 Å². The van der Waals surface area contributed by atoms with E-state index < -0.39 is 5.41 Å². The molecule has 21 heavy (non-hydrogen) atoms. The van der Waals surface area contributed by atoms with Gasteiger partial charge in [0, 0.05) is 0 Å². The molecule has 3 nitrogen and oxygen atoms in total. The summed E-state index contributed by atoms with van der Waals surface area (Å²) in [5, 5.41) is 0. The predicted molar refractivity (Wildman–Crippen MR) is 83.0 cm³/mol. The van der Waals surface area contributed by atoms with Crippen molar-refractivity contribution in [1.29, 1.82) is 0 Å². The number of rotatable bonds is 5. The minimum atomic E-state index is -0.621. The van der Waals surface area contributed by atoms with E-state index in [9.17, 15) is 4.79 Å². The summed E-state index contributed by atoms with van der Waals surface area (Å²) in [5.74, 6) is -0.218. The normalized spacial score (nSPS) is 22.0. The van der Waals surface area contributed by atoms with Crippen LogP contribution in [-0.2, 0) is 20.7 Å². The molecule has 0 aliphatic carbocycles. The first-order valence-electron chi connectivity index (χ1n) is 7.48. The summed E-state index contributed by atoms with van der Waals surface area (Å²) in [6.45, 7) is 3.77. The number of carbonyl (C=O) groups is 1. The van der Waals surface area contributed by atoms with Crippen molar-refractivity contribution in [3.05, 3.63) is 48.0 Å². The largest absolute Gasteiger partial charge is 0.469 e. The van der Waals surface area contributed by atoms with E-state index in [2.05, 4.69) is 36.4 Å². The van der Waals surface area contributed by atoms with E-state index >= 15 is 0 Å². The highest BCUT2D eigenvalue weighted by Gasteiger charge is 2.40. The zero-order chi connectivity index (χ0) is 15.3. The van der Waals surface area contributed by atoms with Crippen molar-refractivity contribution in [2.75, 3.05) is 7.11 Å². The van der Waals surface area contributed by atoms with Gasteiger partial charge in [-0.3, -0.25) is 4.79 Å². The molecule has 0 bridgehead atoms. The fourth-order valence-electron chi connectivity index (χ4n) is 2.64. The van der Waals surface area contributed by atoms with Gasteiger partial charge in [-0.05, 0) is 38.7 Å². The Kier molecular flexibility index (Phi) is 5.18. The van der Waals surface area contributed by atoms with Crippen LogP contribution >= 0.6 is 0 Å². The average molecular weight is 288 g/mol. The van der Waals surface area contributed by atoms with Gasteiger partial charge < -0.3 is 9.47 Å². The molecule has 0 saturated heterocycles. The van der Waals surface area contributed by atoms with Crippen molar-refractivity contribution in [2.24, 2.45) is 5.41 Å². The molecule has 0 spiro atoms. The highest BCUT2D eigenvalue weighted by Crippen LogP contribution is 2.32. The Morgan fingerprint density at radius 3 is 2.71 bits per heavy atom. The maximum atomic E-state index is 11.9. The van der Waals surface area contributed by atoms with Crippen LogP contribution in [0.4, 0.5) is 0 Å². The van der Waals surface area contributed by atoms with Gasteiger partial charge >= 0.3 is 5.97 Å². The van der Waals surface area contributed by atoms with E-state index in [0.717, 1.165) is 19.3 Å². The molecule has 1 heterocycles. The number of ether oxygens (including phenoxy) is 2. The van der Waals surface area contributed by atoms with E-state index in [-0.39, 0.29) is 18.2 Å². The van der Waals surface area contributed by atoms with Gasteiger partial charge in [0.1, 0.15) is 0 Å². The summed E-state index contributed by atoms with van der Waals surface area (Å²) in [6.07, 6.45) is 6.81. The fourth-order valence-corrected chi connectivity index (χ4v) is 2.64. The Morgan fingerprint density at radius 2 is 2.05 bits per heavy atom. The van der Waals surface area contributed by atoms with Gasteiger partial charge in [-0.2, -0.15) is 0 Å². The minimum absolute atomic E-state index is 0.0629. The van der Waals surface area contributed by atoms with Crippen molar-refractivity contribution < 1.29 is 14.3 Å². The number of esters is 1. The van der Waals surface area contributed by atoms with Crippen LogP contribution in [0.2, 0.25) is 0 Å². The van der Waals surface area contributed by atoms with Crippen LogP contribution in [-0.4, -0.2) is 25.3 Å². The third-order valence-corrected chi connectivity index (χ3v) is 4.12. The monoisotopic (exact) mass is 288 g/mol. The van der Waals surface area contributed by atoms with Crippen LogP contribution in [0.25, 0.3) is 0 Å². The van der Waals surface area contributed by atoms with E-state index in [1.54, 1.807) is 0 Å². The maximum Gasteiger partial charge on any atom is 0.313 e. The zero-order valence-electron chi connectivity index (χ0n) is 13.0. The van der Waals surface area contributed by atoms with E-state index in [1.807, 2.05) is 19.9 Å². The SMILES string of the molecule is COC(=O)C(C)(C)[C@H]1CC=C[C@@H](CCc2ccccc2)O1. The van der Waals surface area contributed by atoms with Crippen molar-refractivity contribution in [1.82, 2.24) is 0 Å². The summed E-state index contributed by atoms with van der Waals surface area (Å²) in [6, 6.07) is 10.4. The molecule has 1 aliphatic rings. The van der Waals surface area contributed by atoms with Gasteiger partial charge in [0.25, 0.3) is 0 Å². The van der Waals surface area contributed by atoms with Crippen LogP contribution in [0.3, 0.4) is 0 Å². The first-order chi connectivity index (χ1) is 10.0. The molecule has 1 aromatic carbocycles. The molecular weight excluding hydrogens is 264 g/mol. The second-order valence-electron chi connectivity index (χ2n) is 6.06. The van der Waals surface area contributed by atoms with Gasteiger partial charge in [0.2, 0.25) is 0 Å². The molecule has 2 rings (SSSR count). The highest BCUT2D eigenvalue weighted by molar-refractivity contribution is 5.76. The average Bonchev–Trinajstić information content (AvgIpc) is 2.53. The molecule has 0 aromatic heterocycles. The lowest BCUT2D eigenvalue weighted by Crippen LogP contribution is -2.42. The van der Waals surface area contributed by atoms with Crippen LogP contribution < -0.4 is 0 Å². The van der Waals surface area contributed by atoms with Gasteiger partial charge in [-0.25, -0.2) is 0 Å². The van der Waals surface area contributed by atoms with E-state index in [4.69, 9.17) is 9.47 Å². The lowest BCUT2D eigenvalue weighted by atomic mass is 9.83. The number of aryl methyl sites for hydroxylation is 1. The molecule has 0 N–H and O–H groups in total. The molecule has 0 unspecified atom stereocenters. The summed E-state index contributed by atoms with van der Waals surface area (Å²) >= 11 is 0. The van der Waals surface area contributed by atoms with Crippen molar-refractivity contribution in [3.8, 4) is 0 Å².